The van der Waals surface area contributed by atoms with Gasteiger partial charge in [-0.2, -0.15) is 0 Å². The van der Waals surface area contributed by atoms with Crippen molar-refractivity contribution in [2.45, 2.75) is 72.3 Å². The number of hydrogen-bond acceptors (Lipinski definition) is 3. The van der Waals surface area contributed by atoms with E-state index >= 15 is 0 Å². The van der Waals surface area contributed by atoms with Gasteiger partial charge in [0.15, 0.2) is 0 Å². The Morgan fingerprint density at radius 3 is 2.26 bits per heavy atom. The lowest BCUT2D eigenvalue weighted by Gasteiger charge is -2.33. The normalized spacial score (nSPS) is 12.8. The molecule has 2 unspecified atom stereocenters. The van der Waals surface area contributed by atoms with E-state index in [4.69, 9.17) is 4.98 Å². The SMILES string of the molecule is CCCCC(CC)C(=O)N(CCc1ccccc1)C(C)c1nc2ccccc2c(=O)n1-c1ccc(CC)cc1. The average molecular weight is 524 g/mol. The standard InChI is InChI=1S/C34H41N3O2/c1-5-8-16-28(7-3)33(38)36(24-23-27-14-10-9-11-15-27)25(4)32-35-31-18-13-12-17-30(31)34(39)37(32)29-21-19-26(6-2)20-22-29/h9-15,17-22,25,28H,5-8,16,23-24H2,1-4H3. The summed E-state index contributed by atoms with van der Waals surface area (Å²) >= 11 is 0. The Kier molecular flexibility index (Phi) is 9.69. The van der Waals surface area contributed by atoms with Crippen LogP contribution < -0.4 is 5.56 Å². The average Bonchev–Trinajstić information content (AvgIpc) is 2.98. The van der Waals surface area contributed by atoms with Crippen LogP contribution in [0.15, 0.2) is 83.7 Å². The zero-order valence-corrected chi connectivity index (χ0v) is 23.8. The Labute approximate surface area is 232 Å². The summed E-state index contributed by atoms with van der Waals surface area (Å²) in [6, 6.07) is 25.4. The van der Waals surface area contributed by atoms with E-state index in [0.717, 1.165) is 44.2 Å². The highest BCUT2D eigenvalue weighted by Gasteiger charge is 2.30. The van der Waals surface area contributed by atoms with E-state index in [-0.39, 0.29) is 23.4 Å². The number of aryl methyl sites for hydroxylation is 1. The predicted molar refractivity (Wildman–Crippen MR) is 160 cm³/mol. The summed E-state index contributed by atoms with van der Waals surface area (Å²) in [5.41, 5.74) is 3.70. The van der Waals surface area contributed by atoms with Crippen LogP contribution in [0.2, 0.25) is 0 Å². The molecule has 3 aromatic carbocycles. The molecule has 0 saturated carbocycles. The first-order chi connectivity index (χ1) is 19.0. The van der Waals surface area contributed by atoms with Gasteiger partial charge in [-0.15, -0.1) is 0 Å². The molecule has 0 aliphatic carbocycles. The summed E-state index contributed by atoms with van der Waals surface area (Å²) < 4.78 is 1.71. The molecule has 5 heteroatoms. The van der Waals surface area contributed by atoms with E-state index in [1.165, 1.54) is 11.1 Å². The van der Waals surface area contributed by atoms with Crippen LogP contribution in [0.25, 0.3) is 16.6 Å². The minimum Gasteiger partial charge on any atom is -0.332 e. The second kappa shape index (κ2) is 13.4. The number of rotatable bonds is 12. The van der Waals surface area contributed by atoms with Crippen LogP contribution in [-0.2, 0) is 17.6 Å². The van der Waals surface area contributed by atoms with Gasteiger partial charge >= 0.3 is 0 Å². The summed E-state index contributed by atoms with van der Waals surface area (Å²) in [5, 5.41) is 0.574. The fourth-order valence-corrected chi connectivity index (χ4v) is 5.28. The summed E-state index contributed by atoms with van der Waals surface area (Å²) in [5.74, 6) is 0.687. The van der Waals surface area contributed by atoms with Gasteiger partial charge in [0.2, 0.25) is 5.91 Å². The van der Waals surface area contributed by atoms with Crippen molar-refractivity contribution in [3.8, 4) is 5.69 Å². The lowest BCUT2D eigenvalue weighted by Crippen LogP contribution is -2.41. The molecule has 1 heterocycles. The molecule has 1 amide bonds. The maximum absolute atomic E-state index is 14.1. The maximum Gasteiger partial charge on any atom is 0.266 e. The lowest BCUT2D eigenvalue weighted by molar-refractivity contribution is -0.138. The van der Waals surface area contributed by atoms with Crippen molar-refractivity contribution in [3.63, 3.8) is 0 Å². The van der Waals surface area contributed by atoms with E-state index in [1.807, 2.05) is 66.4 Å². The number of hydrogen-bond donors (Lipinski definition) is 0. The van der Waals surface area contributed by atoms with Crippen molar-refractivity contribution < 1.29 is 4.79 Å². The fourth-order valence-electron chi connectivity index (χ4n) is 5.28. The number of carbonyl (C=O) groups is 1. The molecule has 0 aliphatic rings. The third kappa shape index (κ3) is 6.47. The Bertz CT molecular complexity index is 1430. The van der Waals surface area contributed by atoms with Crippen molar-refractivity contribution in [1.29, 1.82) is 0 Å². The van der Waals surface area contributed by atoms with Gasteiger partial charge in [0, 0.05) is 12.5 Å². The monoisotopic (exact) mass is 523 g/mol. The van der Waals surface area contributed by atoms with Gasteiger partial charge in [0.05, 0.1) is 22.6 Å². The molecule has 0 saturated heterocycles. The lowest BCUT2D eigenvalue weighted by atomic mass is 9.96. The molecular weight excluding hydrogens is 482 g/mol. The third-order valence-corrected chi connectivity index (χ3v) is 7.76. The van der Waals surface area contributed by atoms with Gasteiger partial charge < -0.3 is 4.90 Å². The quantitative estimate of drug-likeness (QED) is 0.196. The van der Waals surface area contributed by atoms with Crippen LogP contribution in [0.1, 0.15) is 76.4 Å². The highest BCUT2D eigenvalue weighted by molar-refractivity contribution is 5.80. The molecule has 4 aromatic rings. The van der Waals surface area contributed by atoms with Crippen molar-refractivity contribution in [2.75, 3.05) is 6.54 Å². The van der Waals surface area contributed by atoms with E-state index in [0.29, 0.717) is 23.3 Å². The molecule has 0 fully saturated rings. The molecule has 2 atom stereocenters. The van der Waals surface area contributed by atoms with E-state index < -0.39 is 0 Å². The summed E-state index contributed by atoms with van der Waals surface area (Å²) in [6.45, 7) is 8.95. The van der Waals surface area contributed by atoms with Gasteiger partial charge in [-0.1, -0.05) is 88.2 Å². The maximum atomic E-state index is 14.1. The molecule has 204 valence electrons. The number of unbranched alkanes of at least 4 members (excludes halogenated alkanes) is 1. The van der Waals surface area contributed by atoms with Crippen LogP contribution in [0.4, 0.5) is 0 Å². The Morgan fingerprint density at radius 1 is 0.897 bits per heavy atom. The van der Waals surface area contributed by atoms with Gasteiger partial charge in [0.25, 0.3) is 5.56 Å². The second-order valence-corrected chi connectivity index (χ2v) is 10.3. The number of benzene rings is 3. The van der Waals surface area contributed by atoms with Crippen molar-refractivity contribution in [3.05, 3.63) is 106 Å². The summed E-state index contributed by atoms with van der Waals surface area (Å²) in [4.78, 5) is 35.0. The van der Waals surface area contributed by atoms with Gasteiger partial charge in [-0.3, -0.25) is 14.2 Å². The first-order valence-corrected chi connectivity index (χ1v) is 14.4. The summed E-state index contributed by atoms with van der Waals surface area (Å²) in [7, 11) is 0. The molecule has 5 nitrogen and oxygen atoms in total. The predicted octanol–water partition coefficient (Wildman–Crippen LogP) is 7.30. The van der Waals surface area contributed by atoms with E-state index in [1.54, 1.807) is 4.57 Å². The molecule has 0 bridgehead atoms. The number of carbonyl (C=O) groups excluding carboxylic acids is 1. The molecule has 0 radical (unpaired) electrons. The highest BCUT2D eigenvalue weighted by atomic mass is 16.2. The largest absolute Gasteiger partial charge is 0.332 e. The number of para-hydroxylation sites is 1. The minimum atomic E-state index is -0.389. The van der Waals surface area contributed by atoms with Crippen molar-refractivity contribution in [1.82, 2.24) is 14.5 Å². The van der Waals surface area contributed by atoms with Crippen molar-refractivity contribution >= 4 is 16.8 Å². The zero-order valence-electron chi connectivity index (χ0n) is 23.8. The minimum absolute atomic E-state index is 0.0485. The smallest absolute Gasteiger partial charge is 0.266 e. The molecule has 0 N–H and O–H groups in total. The summed E-state index contributed by atoms with van der Waals surface area (Å²) in [6.07, 6.45) is 5.41. The molecule has 39 heavy (non-hydrogen) atoms. The molecule has 0 spiro atoms. The Balaban J connectivity index is 1.83. The van der Waals surface area contributed by atoms with Gasteiger partial charge in [-0.05, 0) is 68.0 Å². The number of nitrogens with zero attached hydrogens (tertiary/aromatic N) is 3. The zero-order chi connectivity index (χ0) is 27.8. The van der Waals surface area contributed by atoms with Crippen LogP contribution >= 0.6 is 0 Å². The molecule has 0 aliphatic heterocycles. The van der Waals surface area contributed by atoms with Gasteiger partial charge in [-0.25, -0.2) is 4.98 Å². The van der Waals surface area contributed by atoms with E-state index in [9.17, 15) is 9.59 Å². The fraction of sp³-hybridized carbons (Fsp3) is 0.382. The number of aromatic nitrogens is 2. The van der Waals surface area contributed by atoms with Crippen LogP contribution in [0, 0.1) is 5.92 Å². The van der Waals surface area contributed by atoms with Crippen LogP contribution in [-0.4, -0.2) is 26.9 Å². The first kappa shape index (κ1) is 28.3. The van der Waals surface area contributed by atoms with Crippen molar-refractivity contribution in [2.24, 2.45) is 5.92 Å². The Hall–Kier alpha value is -3.73. The first-order valence-electron chi connectivity index (χ1n) is 14.4. The van der Waals surface area contributed by atoms with Crippen LogP contribution in [0.3, 0.4) is 0 Å². The van der Waals surface area contributed by atoms with Crippen LogP contribution in [0.5, 0.6) is 0 Å². The molecule has 4 rings (SSSR count). The van der Waals surface area contributed by atoms with E-state index in [2.05, 4.69) is 45.0 Å². The topological polar surface area (TPSA) is 55.2 Å². The third-order valence-electron chi connectivity index (χ3n) is 7.76. The highest BCUT2D eigenvalue weighted by Crippen LogP contribution is 2.27. The number of amides is 1. The van der Waals surface area contributed by atoms with Gasteiger partial charge in [0.1, 0.15) is 5.82 Å². The molecular formula is C34H41N3O2. The Morgan fingerprint density at radius 2 is 1.59 bits per heavy atom. The molecule has 1 aromatic heterocycles. The number of fused-ring (bicyclic) bond motifs is 1. The second-order valence-electron chi connectivity index (χ2n) is 10.3.